The van der Waals surface area contributed by atoms with Gasteiger partial charge < -0.3 is 15.7 Å². The second-order valence-corrected chi connectivity index (χ2v) is 5.68. The number of nitrogens with one attached hydrogen (secondary N) is 2. The van der Waals surface area contributed by atoms with Gasteiger partial charge in [-0.25, -0.2) is 0 Å². The van der Waals surface area contributed by atoms with E-state index in [1.165, 1.54) is 12.1 Å². The standard InChI is InChI=1S/C16H21F3N2O3/c1-10(2)13(22)7-8-20-14(23)9-21-15(24)11-5-3-4-6-12(11)16(17,18)19/h3-6,10,13,22H,7-9H2,1-2H3,(H,20,23)(H,21,24). The molecular weight excluding hydrogens is 325 g/mol. The second kappa shape index (κ2) is 8.68. The highest BCUT2D eigenvalue weighted by Gasteiger charge is 2.34. The van der Waals surface area contributed by atoms with E-state index in [-0.39, 0.29) is 12.5 Å². The van der Waals surface area contributed by atoms with Crippen molar-refractivity contribution in [3.8, 4) is 0 Å². The zero-order valence-corrected chi connectivity index (χ0v) is 13.5. The third-order valence-corrected chi connectivity index (χ3v) is 3.42. The van der Waals surface area contributed by atoms with Crippen LogP contribution in [0.15, 0.2) is 24.3 Å². The van der Waals surface area contributed by atoms with Crippen molar-refractivity contribution in [1.82, 2.24) is 10.6 Å². The molecule has 8 heteroatoms. The summed E-state index contributed by atoms with van der Waals surface area (Å²) in [5.41, 5.74) is -1.59. The Morgan fingerprint density at radius 1 is 1.17 bits per heavy atom. The first-order valence-electron chi connectivity index (χ1n) is 7.52. The van der Waals surface area contributed by atoms with E-state index in [0.717, 1.165) is 12.1 Å². The number of aliphatic hydroxyl groups is 1. The van der Waals surface area contributed by atoms with Gasteiger partial charge >= 0.3 is 6.18 Å². The minimum atomic E-state index is -4.65. The summed E-state index contributed by atoms with van der Waals surface area (Å²) in [6, 6.07) is 4.36. The molecule has 1 aromatic rings. The molecular formula is C16H21F3N2O3. The van der Waals surface area contributed by atoms with Gasteiger partial charge in [-0.15, -0.1) is 0 Å². The molecule has 5 nitrogen and oxygen atoms in total. The number of hydrogen-bond acceptors (Lipinski definition) is 3. The molecule has 0 bridgehead atoms. The van der Waals surface area contributed by atoms with Crippen LogP contribution in [0.25, 0.3) is 0 Å². The molecule has 0 aliphatic rings. The summed E-state index contributed by atoms with van der Waals surface area (Å²) in [7, 11) is 0. The van der Waals surface area contributed by atoms with Crippen molar-refractivity contribution in [2.24, 2.45) is 5.92 Å². The molecule has 3 N–H and O–H groups in total. The van der Waals surface area contributed by atoms with Gasteiger partial charge in [-0.1, -0.05) is 26.0 Å². The van der Waals surface area contributed by atoms with E-state index in [2.05, 4.69) is 10.6 Å². The molecule has 0 fully saturated rings. The normalized spacial score (nSPS) is 12.8. The summed E-state index contributed by atoms with van der Waals surface area (Å²) >= 11 is 0. The average molecular weight is 346 g/mol. The van der Waals surface area contributed by atoms with Gasteiger partial charge in [-0.2, -0.15) is 13.2 Å². The number of amides is 2. The van der Waals surface area contributed by atoms with Crippen molar-refractivity contribution >= 4 is 11.8 Å². The molecule has 1 unspecified atom stereocenters. The van der Waals surface area contributed by atoms with Crippen LogP contribution in [-0.4, -0.2) is 36.1 Å². The summed E-state index contributed by atoms with van der Waals surface area (Å²) in [5, 5.41) is 14.2. The predicted molar refractivity (Wildman–Crippen MR) is 82.2 cm³/mol. The molecule has 1 rings (SSSR count). The highest BCUT2D eigenvalue weighted by Crippen LogP contribution is 2.31. The largest absolute Gasteiger partial charge is 0.417 e. The summed E-state index contributed by atoms with van der Waals surface area (Å²) in [4.78, 5) is 23.4. The van der Waals surface area contributed by atoms with Gasteiger partial charge in [-0.3, -0.25) is 9.59 Å². The van der Waals surface area contributed by atoms with Crippen LogP contribution in [0.5, 0.6) is 0 Å². The van der Waals surface area contributed by atoms with Crippen LogP contribution in [-0.2, 0) is 11.0 Å². The van der Waals surface area contributed by atoms with E-state index < -0.39 is 41.8 Å². The van der Waals surface area contributed by atoms with Crippen LogP contribution >= 0.6 is 0 Å². The number of carbonyl (C=O) groups excluding carboxylic acids is 2. The van der Waals surface area contributed by atoms with E-state index in [1.807, 2.05) is 13.8 Å². The van der Waals surface area contributed by atoms with E-state index in [0.29, 0.717) is 6.42 Å². The molecule has 0 saturated carbocycles. The molecule has 134 valence electrons. The van der Waals surface area contributed by atoms with Crippen LogP contribution in [0.1, 0.15) is 36.2 Å². The second-order valence-electron chi connectivity index (χ2n) is 5.68. The summed E-state index contributed by atoms with van der Waals surface area (Å²) in [5.74, 6) is -1.45. The third-order valence-electron chi connectivity index (χ3n) is 3.42. The maximum Gasteiger partial charge on any atom is 0.417 e. The van der Waals surface area contributed by atoms with E-state index in [1.54, 1.807) is 0 Å². The summed E-state index contributed by atoms with van der Waals surface area (Å²) in [6.07, 6.45) is -4.85. The Labute approximate surface area is 138 Å². The fourth-order valence-corrected chi connectivity index (χ4v) is 1.94. The Morgan fingerprint density at radius 3 is 2.38 bits per heavy atom. The van der Waals surface area contributed by atoms with Gasteiger partial charge in [0.15, 0.2) is 0 Å². The molecule has 1 atom stereocenters. The van der Waals surface area contributed by atoms with Crippen LogP contribution in [0.2, 0.25) is 0 Å². The summed E-state index contributed by atoms with van der Waals surface area (Å²) in [6.45, 7) is 3.45. The maximum atomic E-state index is 12.8. The Hall–Kier alpha value is -2.09. The zero-order chi connectivity index (χ0) is 18.3. The molecule has 2 amide bonds. The molecule has 0 spiro atoms. The van der Waals surface area contributed by atoms with Crippen LogP contribution in [0.4, 0.5) is 13.2 Å². The minimum absolute atomic E-state index is 0.0560. The lowest BCUT2D eigenvalue weighted by atomic mass is 10.0. The van der Waals surface area contributed by atoms with Crippen molar-refractivity contribution in [3.63, 3.8) is 0 Å². The monoisotopic (exact) mass is 346 g/mol. The highest BCUT2D eigenvalue weighted by molar-refractivity contribution is 5.97. The summed E-state index contributed by atoms with van der Waals surface area (Å²) < 4.78 is 38.5. The maximum absolute atomic E-state index is 12.8. The molecule has 1 aromatic carbocycles. The van der Waals surface area contributed by atoms with Crippen LogP contribution in [0, 0.1) is 5.92 Å². The number of hydrogen-bond donors (Lipinski definition) is 3. The van der Waals surface area contributed by atoms with Crippen molar-refractivity contribution < 1.29 is 27.9 Å². The fourth-order valence-electron chi connectivity index (χ4n) is 1.94. The van der Waals surface area contributed by atoms with Crippen molar-refractivity contribution in [2.75, 3.05) is 13.1 Å². The lowest BCUT2D eigenvalue weighted by Gasteiger charge is -2.15. The van der Waals surface area contributed by atoms with Crippen molar-refractivity contribution in [1.29, 1.82) is 0 Å². The van der Waals surface area contributed by atoms with E-state index in [9.17, 15) is 27.9 Å². The molecule has 0 heterocycles. The Morgan fingerprint density at radius 2 is 1.79 bits per heavy atom. The van der Waals surface area contributed by atoms with Gasteiger partial charge in [0.1, 0.15) is 0 Å². The van der Waals surface area contributed by atoms with Crippen LogP contribution in [0.3, 0.4) is 0 Å². The van der Waals surface area contributed by atoms with Gasteiger partial charge in [-0.05, 0) is 24.5 Å². The first kappa shape index (κ1) is 20.0. The Bertz CT molecular complexity index is 574. The molecule has 0 saturated heterocycles. The van der Waals surface area contributed by atoms with E-state index in [4.69, 9.17) is 0 Å². The number of alkyl halides is 3. The zero-order valence-electron chi connectivity index (χ0n) is 13.5. The molecule has 24 heavy (non-hydrogen) atoms. The van der Waals surface area contributed by atoms with Crippen molar-refractivity contribution in [2.45, 2.75) is 32.5 Å². The molecule has 0 aliphatic carbocycles. The lowest BCUT2D eigenvalue weighted by molar-refractivity contribution is -0.137. The minimum Gasteiger partial charge on any atom is -0.393 e. The van der Waals surface area contributed by atoms with Crippen LogP contribution < -0.4 is 10.6 Å². The quantitative estimate of drug-likeness (QED) is 0.706. The SMILES string of the molecule is CC(C)C(O)CCNC(=O)CNC(=O)c1ccccc1C(F)(F)F. The van der Waals surface area contributed by atoms with E-state index >= 15 is 0 Å². The van der Waals surface area contributed by atoms with Gasteiger partial charge in [0, 0.05) is 6.54 Å². The molecule has 0 radical (unpaired) electrons. The first-order valence-corrected chi connectivity index (χ1v) is 7.52. The predicted octanol–water partition coefficient (Wildman–Crippen LogP) is 1.96. The van der Waals surface area contributed by atoms with Gasteiger partial charge in [0.25, 0.3) is 5.91 Å². The number of halogens is 3. The Kier molecular flexibility index (Phi) is 7.21. The number of aliphatic hydroxyl groups excluding tert-OH is 1. The Balaban J connectivity index is 2.51. The number of benzene rings is 1. The molecule has 0 aliphatic heterocycles. The number of carbonyl (C=O) groups is 2. The third kappa shape index (κ3) is 6.19. The highest BCUT2D eigenvalue weighted by atomic mass is 19.4. The smallest absolute Gasteiger partial charge is 0.393 e. The average Bonchev–Trinajstić information content (AvgIpc) is 2.51. The topological polar surface area (TPSA) is 78.4 Å². The van der Waals surface area contributed by atoms with Gasteiger partial charge in [0.2, 0.25) is 5.91 Å². The lowest BCUT2D eigenvalue weighted by Crippen LogP contribution is -2.38. The first-order chi connectivity index (χ1) is 11.1. The number of rotatable bonds is 7. The van der Waals surface area contributed by atoms with Gasteiger partial charge in [0.05, 0.1) is 23.8 Å². The fraction of sp³-hybridized carbons (Fsp3) is 0.500. The molecule has 0 aromatic heterocycles. The van der Waals surface area contributed by atoms with Crippen molar-refractivity contribution in [3.05, 3.63) is 35.4 Å².